The maximum Gasteiger partial charge on any atom is 0.332 e. The molecule has 4 heteroatoms. The van der Waals surface area contributed by atoms with Gasteiger partial charge in [-0.2, -0.15) is 5.10 Å². The molecule has 0 spiro atoms. The van der Waals surface area contributed by atoms with E-state index in [2.05, 4.69) is 24.4 Å². The van der Waals surface area contributed by atoms with Crippen LogP contribution >= 0.6 is 0 Å². The van der Waals surface area contributed by atoms with Gasteiger partial charge in [-0.15, -0.1) is 0 Å². The first kappa shape index (κ1) is 11.9. The lowest BCUT2D eigenvalue weighted by Gasteiger charge is -2.06. The van der Waals surface area contributed by atoms with Crippen LogP contribution in [0.1, 0.15) is 40.0 Å². The molecular weight excluding hydrogens is 166 g/mol. The van der Waals surface area contributed by atoms with Crippen molar-refractivity contribution in [2.24, 2.45) is 16.8 Å². The standard InChI is InChI=1S/C9H19N3O/c1-4-7(2)5-6-8(3)11-12-9(10)13/h7H,4-6H2,1-3H3,(H3,10,12,13)/b11-8+/t7-/m0/s1. The smallest absolute Gasteiger partial charge is 0.332 e. The molecule has 0 aromatic rings. The van der Waals surface area contributed by atoms with Crippen molar-refractivity contribution in [2.45, 2.75) is 40.0 Å². The summed E-state index contributed by atoms with van der Waals surface area (Å²) in [6.45, 7) is 6.26. The van der Waals surface area contributed by atoms with Crippen molar-refractivity contribution < 1.29 is 4.79 Å². The fourth-order valence-corrected chi connectivity index (χ4v) is 0.866. The van der Waals surface area contributed by atoms with Gasteiger partial charge in [0.15, 0.2) is 0 Å². The molecule has 4 nitrogen and oxygen atoms in total. The van der Waals surface area contributed by atoms with Gasteiger partial charge >= 0.3 is 6.03 Å². The predicted molar refractivity (Wildman–Crippen MR) is 54.5 cm³/mol. The molecule has 13 heavy (non-hydrogen) atoms. The Morgan fingerprint density at radius 1 is 1.62 bits per heavy atom. The zero-order chi connectivity index (χ0) is 10.3. The van der Waals surface area contributed by atoms with E-state index in [-0.39, 0.29) is 0 Å². The molecule has 0 heterocycles. The van der Waals surface area contributed by atoms with Gasteiger partial charge in [-0.25, -0.2) is 10.2 Å². The molecule has 76 valence electrons. The lowest BCUT2D eigenvalue weighted by Crippen LogP contribution is -2.25. The minimum absolute atomic E-state index is 0.608. The van der Waals surface area contributed by atoms with Crippen LogP contribution in [-0.4, -0.2) is 11.7 Å². The zero-order valence-corrected chi connectivity index (χ0v) is 8.63. The molecule has 1 atom stereocenters. The van der Waals surface area contributed by atoms with Crippen LogP contribution in [0.25, 0.3) is 0 Å². The number of carbonyl (C=O) groups excluding carboxylic acids is 1. The lowest BCUT2D eigenvalue weighted by molar-refractivity contribution is 0.249. The van der Waals surface area contributed by atoms with Crippen LogP contribution in [-0.2, 0) is 0 Å². The van der Waals surface area contributed by atoms with E-state index < -0.39 is 6.03 Å². The van der Waals surface area contributed by atoms with Crippen molar-refractivity contribution in [3.63, 3.8) is 0 Å². The minimum atomic E-state index is -0.608. The number of primary amides is 1. The van der Waals surface area contributed by atoms with Gasteiger partial charge < -0.3 is 5.73 Å². The lowest BCUT2D eigenvalue weighted by atomic mass is 10.0. The van der Waals surface area contributed by atoms with Crippen LogP contribution in [0.3, 0.4) is 0 Å². The Kier molecular flexibility index (Phi) is 5.93. The second kappa shape index (κ2) is 6.46. The molecule has 0 saturated carbocycles. The average molecular weight is 185 g/mol. The molecule has 0 saturated heterocycles. The van der Waals surface area contributed by atoms with E-state index in [1.807, 2.05) is 6.92 Å². The summed E-state index contributed by atoms with van der Waals surface area (Å²) < 4.78 is 0. The molecule has 0 aliphatic carbocycles. The van der Waals surface area contributed by atoms with Crippen LogP contribution < -0.4 is 11.2 Å². The number of urea groups is 1. The van der Waals surface area contributed by atoms with Crippen LogP contribution in [0, 0.1) is 5.92 Å². The fourth-order valence-electron chi connectivity index (χ4n) is 0.866. The van der Waals surface area contributed by atoms with E-state index in [4.69, 9.17) is 5.73 Å². The number of nitrogens with one attached hydrogen (secondary N) is 1. The maximum atomic E-state index is 10.3. The Morgan fingerprint density at radius 2 is 2.23 bits per heavy atom. The van der Waals surface area contributed by atoms with Gasteiger partial charge in [0, 0.05) is 5.71 Å². The molecule has 0 rings (SSSR count). The van der Waals surface area contributed by atoms with E-state index in [0.717, 1.165) is 18.6 Å². The zero-order valence-electron chi connectivity index (χ0n) is 8.63. The van der Waals surface area contributed by atoms with E-state index in [9.17, 15) is 4.79 Å². The van der Waals surface area contributed by atoms with Crippen LogP contribution in [0.15, 0.2) is 5.10 Å². The van der Waals surface area contributed by atoms with Crippen molar-refractivity contribution in [2.75, 3.05) is 0 Å². The number of hydrogen-bond acceptors (Lipinski definition) is 2. The van der Waals surface area contributed by atoms with Crippen molar-refractivity contribution in [3.05, 3.63) is 0 Å². The van der Waals surface area contributed by atoms with Gasteiger partial charge in [-0.3, -0.25) is 0 Å². The third-order valence-electron chi connectivity index (χ3n) is 2.05. The summed E-state index contributed by atoms with van der Waals surface area (Å²) in [5, 5.41) is 3.82. The Morgan fingerprint density at radius 3 is 2.69 bits per heavy atom. The topological polar surface area (TPSA) is 67.5 Å². The van der Waals surface area contributed by atoms with Crippen molar-refractivity contribution in [1.82, 2.24) is 5.43 Å². The summed E-state index contributed by atoms with van der Waals surface area (Å²) in [4.78, 5) is 10.3. The summed E-state index contributed by atoms with van der Waals surface area (Å²) >= 11 is 0. The Labute approximate surface area is 79.6 Å². The van der Waals surface area contributed by atoms with Gasteiger partial charge in [0.2, 0.25) is 0 Å². The Balaban J connectivity index is 3.66. The highest BCUT2D eigenvalue weighted by atomic mass is 16.2. The van der Waals surface area contributed by atoms with Gasteiger partial charge in [-0.05, 0) is 25.7 Å². The molecule has 0 aliphatic heterocycles. The number of hydrogen-bond donors (Lipinski definition) is 2. The number of nitrogens with two attached hydrogens (primary N) is 1. The SMILES string of the molecule is CC[C@H](C)CC/C(C)=N/NC(N)=O. The molecule has 0 aromatic heterocycles. The van der Waals surface area contributed by atoms with Gasteiger partial charge in [0.1, 0.15) is 0 Å². The average Bonchev–Trinajstić information content (AvgIpc) is 2.10. The number of amides is 2. The highest BCUT2D eigenvalue weighted by Crippen LogP contribution is 2.09. The van der Waals surface area contributed by atoms with Gasteiger partial charge in [-0.1, -0.05) is 20.3 Å². The maximum absolute atomic E-state index is 10.3. The Hall–Kier alpha value is -1.06. The Bertz CT molecular complexity index is 189. The summed E-state index contributed by atoms with van der Waals surface area (Å²) in [6.07, 6.45) is 3.19. The summed E-state index contributed by atoms with van der Waals surface area (Å²) in [5.74, 6) is 0.707. The number of hydrazone groups is 1. The van der Waals surface area contributed by atoms with E-state index in [1.165, 1.54) is 6.42 Å². The van der Waals surface area contributed by atoms with E-state index >= 15 is 0 Å². The highest BCUT2D eigenvalue weighted by molar-refractivity contribution is 5.83. The van der Waals surface area contributed by atoms with Crippen LogP contribution in [0.2, 0.25) is 0 Å². The van der Waals surface area contributed by atoms with Gasteiger partial charge in [0.05, 0.1) is 0 Å². The minimum Gasteiger partial charge on any atom is -0.350 e. The van der Waals surface area contributed by atoms with Crippen LogP contribution in [0.5, 0.6) is 0 Å². The van der Waals surface area contributed by atoms with Crippen molar-refractivity contribution in [1.29, 1.82) is 0 Å². The summed E-state index contributed by atoms with van der Waals surface area (Å²) in [6, 6.07) is -0.608. The number of carbonyl (C=O) groups is 1. The molecule has 0 unspecified atom stereocenters. The number of rotatable bonds is 5. The molecule has 0 aliphatic rings. The second-order valence-corrected chi connectivity index (χ2v) is 3.38. The van der Waals surface area contributed by atoms with Crippen molar-refractivity contribution in [3.8, 4) is 0 Å². The molecule has 2 amide bonds. The largest absolute Gasteiger partial charge is 0.350 e. The molecule has 3 N–H and O–H groups in total. The van der Waals surface area contributed by atoms with E-state index in [1.54, 1.807) is 0 Å². The predicted octanol–water partition coefficient (Wildman–Crippen LogP) is 1.86. The molecule has 0 bridgehead atoms. The molecule has 0 aromatic carbocycles. The molecule has 0 fully saturated rings. The monoisotopic (exact) mass is 185 g/mol. The van der Waals surface area contributed by atoms with Crippen molar-refractivity contribution >= 4 is 11.7 Å². The third kappa shape index (κ3) is 7.31. The third-order valence-corrected chi connectivity index (χ3v) is 2.05. The summed E-state index contributed by atoms with van der Waals surface area (Å²) in [5.41, 5.74) is 8.00. The first-order valence-corrected chi connectivity index (χ1v) is 4.64. The molecular formula is C9H19N3O. The summed E-state index contributed by atoms with van der Waals surface area (Å²) in [7, 11) is 0. The quantitative estimate of drug-likeness (QED) is 0.498. The van der Waals surface area contributed by atoms with Gasteiger partial charge in [0.25, 0.3) is 0 Å². The molecule has 0 radical (unpaired) electrons. The first-order chi connectivity index (χ1) is 6.06. The fraction of sp³-hybridized carbons (Fsp3) is 0.778. The van der Waals surface area contributed by atoms with E-state index in [0.29, 0.717) is 5.92 Å². The highest BCUT2D eigenvalue weighted by Gasteiger charge is 2.00. The van der Waals surface area contributed by atoms with Crippen LogP contribution in [0.4, 0.5) is 4.79 Å². The number of nitrogens with zero attached hydrogens (tertiary/aromatic N) is 1. The second-order valence-electron chi connectivity index (χ2n) is 3.38. The first-order valence-electron chi connectivity index (χ1n) is 4.64. The normalized spacial score (nSPS) is 13.9.